The van der Waals surface area contributed by atoms with E-state index >= 15 is 0 Å². The molecule has 2 N–H and O–H groups in total. The van der Waals surface area contributed by atoms with E-state index in [2.05, 4.69) is 4.98 Å². The number of hydrogen-bond donors (Lipinski definition) is 1. The van der Waals surface area contributed by atoms with Crippen LogP contribution in [0.3, 0.4) is 0 Å². The Morgan fingerprint density at radius 3 is 2.55 bits per heavy atom. The van der Waals surface area contributed by atoms with Gasteiger partial charge in [0.15, 0.2) is 0 Å². The molecule has 0 fully saturated rings. The van der Waals surface area contributed by atoms with Crippen molar-refractivity contribution < 1.29 is 13.6 Å². The van der Waals surface area contributed by atoms with E-state index in [1.54, 1.807) is 31.6 Å². The average molecular weight is 277 g/mol. The summed E-state index contributed by atoms with van der Waals surface area (Å²) in [5.74, 6) is -2.38. The molecule has 0 saturated heterocycles. The van der Waals surface area contributed by atoms with Crippen molar-refractivity contribution in [2.75, 3.05) is 12.8 Å². The number of aromatic nitrogens is 1. The Labute approximate surface area is 114 Å². The van der Waals surface area contributed by atoms with Gasteiger partial charge in [0, 0.05) is 31.5 Å². The molecule has 0 saturated carbocycles. The van der Waals surface area contributed by atoms with Crippen LogP contribution < -0.4 is 5.73 Å². The van der Waals surface area contributed by atoms with E-state index in [1.807, 2.05) is 0 Å². The largest absolute Gasteiger partial charge is 0.394 e. The van der Waals surface area contributed by atoms with E-state index in [9.17, 15) is 13.6 Å². The molecule has 104 valence electrons. The number of carbonyl (C=O) groups excluding carboxylic acids is 1. The lowest BCUT2D eigenvalue weighted by Gasteiger charge is -2.17. The van der Waals surface area contributed by atoms with Gasteiger partial charge >= 0.3 is 0 Å². The zero-order valence-corrected chi connectivity index (χ0v) is 10.8. The zero-order valence-electron chi connectivity index (χ0n) is 10.8. The minimum absolute atomic E-state index is 0.0828. The number of halogens is 2. The van der Waals surface area contributed by atoms with E-state index in [4.69, 9.17) is 5.73 Å². The van der Waals surface area contributed by atoms with E-state index in [0.717, 1.165) is 17.7 Å². The number of carbonyl (C=O) groups is 1. The zero-order chi connectivity index (χ0) is 14.7. The maximum atomic E-state index is 13.3. The Balaban J connectivity index is 2.19. The molecule has 1 aromatic heterocycles. The third kappa shape index (κ3) is 2.90. The number of nitrogens with two attached hydrogens (primary N) is 1. The monoisotopic (exact) mass is 277 g/mol. The van der Waals surface area contributed by atoms with E-state index in [0.29, 0.717) is 6.54 Å². The lowest BCUT2D eigenvalue weighted by atomic mass is 10.1. The van der Waals surface area contributed by atoms with Gasteiger partial charge < -0.3 is 10.6 Å². The second-order valence-corrected chi connectivity index (χ2v) is 4.38. The number of nitrogen functional groups attached to an aromatic ring is 1. The Morgan fingerprint density at radius 2 is 2.00 bits per heavy atom. The molecular formula is C14H13F2N3O. The van der Waals surface area contributed by atoms with Gasteiger partial charge in [-0.3, -0.25) is 9.78 Å². The SMILES string of the molecule is CN(Cc1cccnc1)C(=O)c1cc(F)c(N)c(F)c1. The smallest absolute Gasteiger partial charge is 0.254 e. The quantitative estimate of drug-likeness (QED) is 0.875. The highest BCUT2D eigenvalue weighted by Gasteiger charge is 2.16. The molecule has 2 aromatic rings. The van der Waals surface area contributed by atoms with Crippen LogP contribution in [0.25, 0.3) is 0 Å². The van der Waals surface area contributed by atoms with Crippen LogP contribution in [-0.2, 0) is 6.54 Å². The second-order valence-electron chi connectivity index (χ2n) is 4.38. The number of pyridine rings is 1. The first-order chi connectivity index (χ1) is 9.49. The lowest BCUT2D eigenvalue weighted by molar-refractivity contribution is 0.0784. The van der Waals surface area contributed by atoms with Crippen LogP contribution in [0.2, 0.25) is 0 Å². The van der Waals surface area contributed by atoms with Crippen molar-refractivity contribution in [2.24, 2.45) is 0 Å². The number of anilines is 1. The second kappa shape index (κ2) is 5.64. The van der Waals surface area contributed by atoms with Crippen LogP contribution in [-0.4, -0.2) is 22.8 Å². The Hall–Kier alpha value is -2.50. The summed E-state index contributed by atoms with van der Waals surface area (Å²) in [5, 5.41) is 0. The topological polar surface area (TPSA) is 59.2 Å². The van der Waals surface area contributed by atoms with Crippen molar-refractivity contribution in [1.29, 1.82) is 0 Å². The highest BCUT2D eigenvalue weighted by Crippen LogP contribution is 2.18. The normalized spacial score (nSPS) is 10.3. The summed E-state index contributed by atoms with van der Waals surface area (Å²) >= 11 is 0. The van der Waals surface area contributed by atoms with Crippen molar-refractivity contribution in [3.63, 3.8) is 0 Å². The van der Waals surface area contributed by atoms with E-state index in [-0.39, 0.29) is 5.56 Å². The Kier molecular flexibility index (Phi) is 3.93. The van der Waals surface area contributed by atoms with Crippen molar-refractivity contribution in [1.82, 2.24) is 9.88 Å². The molecule has 0 unspecified atom stereocenters. The van der Waals surface area contributed by atoms with Crippen LogP contribution >= 0.6 is 0 Å². The van der Waals surface area contributed by atoms with Crippen LogP contribution in [0.5, 0.6) is 0 Å². The fourth-order valence-corrected chi connectivity index (χ4v) is 1.77. The Morgan fingerprint density at radius 1 is 1.35 bits per heavy atom. The highest BCUT2D eigenvalue weighted by atomic mass is 19.1. The van der Waals surface area contributed by atoms with Gasteiger partial charge in [0.05, 0.1) is 0 Å². The fourth-order valence-electron chi connectivity index (χ4n) is 1.77. The van der Waals surface area contributed by atoms with Gasteiger partial charge in [-0.2, -0.15) is 0 Å². The molecule has 0 radical (unpaired) electrons. The fraction of sp³-hybridized carbons (Fsp3) is 0.143. The van der Waals surface area contributed by atoms with Gasteiger partial charge in [-0.15, -0.1) is 0 Å². The molecule has 6 heteroatoms. The maximum Gasteiger partial charge on any atom is 0.254 e. The first-order valence-corrected chi connectivity index (χ1v) is 5.88. The molecule has 20 heavy (non-hydrogen) atoms. The summed E-state index contributed by atoms with van der Waals surface area (Å²) < 4.78 is 26.7. The van der Waals surface area contributed by atoms with Crippen LogP contribution in [0.4, 0.5) is 14.5 Å². The summed E-state index contributed by atoms with van der Waals surface area (Å²) in [6.07, 6.45) is 3.24. The predicted molar refractivity (Wildman–Crippen MR) is 70.8 cm³/mol. The number of benzene rings is 1. The first kappa shape index (κ1) is 13.9. The molecular weight excluding hydrogens is 264 g/mol. The van der Waals surface area contributed by atoms with Crippen LogP contribution in [0.1, 0.15) is 15.9 Å². The Bertz CT molecular complexity index is 609. The minimum Gasteiger partial charge on any atom is -0.394 e. The van der Waals surface area contributed by atoms with Crippen molar-refractivity contribution >= 4 is 11.6 Å². The van der Waals surface area contributed by atoms with Gasteiger partial charge in [0.1, 0.15) is 17.3 Å². The van der Waals surface area contributed by atoms with Gasteiger partial charge in [-0.05, 0) is 23.8 Å². The first-order valence-electron chi connectivity index (χ1n) is 5.88. The van der Waals surface area contributed by atoms with E-state index in [1.165, 1.54) is 4.90 Å². The lowest BCUT2D eigenvalue weighted by Crippen LogP contribution is -2.26. The van der Waals surface area contributed by atoms with Crippen LogP contribution in [0, 0.1) is 11.6 Å². The van der Waals surface area contributed by atoms with Gasteiger partial charge in [-0.25, -0.2) is 8.78 Å². The average Bonchev–Trinajstić information content (AvgIpc) is 2.44. The summed E-state index contributed by atoms with van der Waals surface area (Å²) in [6.45, 7) is 0.292. The standard InChI is InChI=1S/C14H13F2N3O/c1-19(8-9-3-2-4-18-7-9)14(20)10-5-11(15)13(17)12(16)6-10/h2-7H,8,17H2,1H3. The molecule has 1 heterocycles. The molecule has 0 spiro atoms. The van der Waals surface area contributed by atoms with Gasteiger partial charge in [0.25, 0.3) is 5.91 Å². The molecule has 0 aliphatic carbocycles. The number of rotatable bonds is 3. The summed E-state index contributed by atoms with van der Waals surface area (Å²) in [7, 11) is 1.54. The van der Waals surface area contributed by atoms with Crippen molar-refractivity contribution in [2.45, 2.75) is 6.54 Å². The highest BCUT2D eigenvalue weighted by molar-refractivity contribution is 5.94. The molecule has 1 amide bonds. The van der Waals surface area contributed by atoms with Gasteiger partial charge in [-0.1, -0.05) is 6.07 Å². The minimum atomic E-state index is -0.942. The van der Waals surface area contributed by atoms with Gasteiger partial charge in [0.2, 0.25) is 0 Å². The number of nitrogens with zero attached hydrogens (tertiary/aromatic N) is 2. The molecule has 0 bridgehead atoms. The number of amides is 1. The predicted octanol–water partition coefficient (Wildman–Crippen LogP) is 2.21. The third-order valence-electron chi connectivity index (χ3n) is 2.82. The molecule has 1 aromatic carbocycles. The summed E-state index contributed by atoms with van der Waals surface area (Å²) in [4.78, 5) is 17.4. The summed E-state index contributed by atoms with van der Waals surface area (Å²) in [5.41, 5.74) is 5.32. The third-order valence-corrected chi connectivity index (χ3v) is 2.82. The summed E-state index contributed by atoms with van der Waals surface area (Å²) in [6, 6.07) is 5.41. The molecule has 4 nitrogen and oxygen atoms in total. The van der Waals surface area contributed by atoms with Crippen molar-refractivity contribution in [3.8, 4) is 0 Å². The van der Waals surface area contributed by atoms with Crippen molar-refractivity contribution in [3.05, 3.63) is 59.4 Å². The van der Waals surface area contributed by atoms with Crippen LogP contribution in [0.15, 0.2) is 36.7 Å². The maximum absolute atomic E-state index is 13.3. The molecule has 0 atom stereocenters. The molecule has 0 aliphatic rings. The molecule has 0 aliphatic heterocycles. The molecule has 2 rings (SSSR count). The number of hydrogen-bond acceptors (Lipinski definition) is 3. The van der Waals surface area contributed by atoms with E-state index < -0.39 is 23.2 Å².